The molecule has 0 saturated heterocycles. The fraction of sp³-hybridized carbons (Fsp3) is 0.235. The molecule has 0 aliphatic heterocycles. The normalized spacial score (nSPS) is 11.2. The number of nitrogens with zero attached hydrogens (tertiary/aromatic N) is 1. The van der Waals surface area contributed by atoms with E-state index in [0.29, 0.717) is 27.0 Å². The van der Waals surface area contributed by atoms with Gasteiger partial charge in [-0.2, -0.15) is 0 Å². The first-order valence-corrected chi connectivity index (χ1v) is 8.74. The molecule has 124 valence electrons. The van der Waals surface area contributed by atoms with E-state index in [4.69, 9.17) is 11.6 Å². The van der Waals surface area contributed by atoms with Crippen molar-refractivity contribution in [2.75, 3.05) is 5.75 Å². The van der Waals surface area contributed by atoms with Crippen LogP contribution in [0.1, 0.15) is 39.0 Å². The van der Waals surface area contributed by atoms with Gasteiger partial charge in [0.1, 0.15) is 0 Å². The van der Waals surface area contributed by atoms with Gasteiger partial charge in [-0.05, 0) is 44.5 Å². The number of thioether (sulfide) groups is 1. The zero-order valence-electron chi connectivity index (χ0n) is 13.5. The molecule has 2 heterocycles. The number of ketones is 2. The van der Waals surface area contributed by atoms with Crippen LogP contribution in [0.25, 0.3) is 11.0 Å². The molecule has 0 radical (unpaired) electrons. The van der Waals surface area contributed by atoms with Crippen LogP contribution in [0, 0.1) is 13.8 Å². The molecule has 0 fully saturated rings. The number of H-pyrrole nitrogens is 2. The van der Waals surface area contributed by atoms with Crippen molar-refractivity contribution in [3.05, 3.63) is 45.7 Å². The molecular weight excluding hydrogens is 346 g/mol. The molecule has 24 heavy (non-hydrogen) atoms. The van der Waals surface area contributed by atoms with Crippen LogP contribution in [0.4, 0.5) is 0 Å². The zero-order valence-corrected chi connectivity index (χ0v) is 15.1. The Balaban J connectivity index is 1.77. The van der Waals surface area contributed by atoms with Gasteiger partial charge < -0.3 is 9.97 Å². The predicted octanol–water partition coefficient (Wildman–Crippen LogP) is 4.34. The van der Waals surface area contributed by atoms with Gasteiger partial charge in [0, 0.05) is 16.3 Å². The first-order chi connectivity index (χ1) is 11.4. The molecule has 5 nitrogen and oxygen atoms in total. The summed E-state index contributed by atoms with van der Waals surface area (Å²) in [7, 11) is 0. The molecule has 2 aromatic heterocycles. The highest BCUT2D eigenvalue weighted by Crippen LogP contribution is 2.24. The Kier molecular flexibility index (Phi) is 4.51. The number of hydrogen-bond acceptors (Lipinski definition) is 4. The Hall–Kier alpha value is -2.05. The lowest BCUT2D eigenvalue weighted by Gasteiger charge is -1.99. The largest absolute Gasteiger partial charge is 0.355 e. The third-order valence-corrected chi connectivity index (χ3v) is 4.94. The number of carbonyl (C=O) groups excluding carboxylic acids is 2. The van der Waals surface area contributed by atoms with Crippen molar-refractivity contribution >= 4 is 46.0 Å². The minimum atomic E-state index is -0.0633. The first-order valence-electron chi connectivity index (χ1n) is 7.38. The van der Waals surface area contributed by atoms with Crippen LogP contribution >= 0.6 is 23.4 Å². The van der Waals surface area contributed by atoms with Crippen molar-refractivity contribution in [2.45, 2.75) is 25.9 Å². The highest BCUT2D eigenvalue weighted by Gasteiger charge is 2.20. The fourth-order valence-electron chi connectivity index (χ4n) is 2.79. The van der Waals surface area contributed by atoms with Gasteiger partial charge in [0.15, 0.2) is 16.7 Å². The molecule has 0 spiro atoms. The third-order valence-electron chi connectivity index (χ3n) is 3.83. The molecule has 2 N–H and O–H groups in total. The second kappa shape index (κ2) is 6.45. The van der Waals surface area contributed by atoms with Crippen LogP contribution < -0.4 is 0 Å². The van der Waals surface area contributed by atoms with E-state index in [2.05, 4.69) is 15.0 Å². The minimum Gasteiger partial charge on any atom is -0.355 e. The van der Waals surface area contributed by atoms with Crippen molar-refractivity contribution in [3.63, 3.8) is 0 Å². The molecule has 0 amide bonds. The molecule has 0 bridgehead atoms. The number of hydrogen-bond donors (Lipinski definition) is 2. The van der Waals surface area contributed by atoms with Crippen molar-refractivity contribution in [3.8, 4) is 0 Å². The van der Waals surface area contributed by atoms with Gasteiger partial charge in [0.05, 0.1) is 22.5 Å². The SMILES string of the molecule is CC(=O)c1c(C)[nH]c(C(=O)CSc2nc3ccc(Cl)cc3[nH]2)c1C. The summed E-state index contributed by atoms with van der Waals surface area (Å²) in [6, 6.07) is 5.41. The van der Waals surface area contributed by atoms with E-state index in [-0.39, 0.29) is 17.3 Å². The third kappa shape index (κ3) is 3.12. The summed E-state index contributed by atoms with van der Waals surface area (Å²) in [5.41, 5.74) is 4.17. The maximum absolute atomic E-state index is 12.5. The molecule has 3 aromatic rings. The van der Waals surface area contributed by atoms with E-state index in [0.717, 1.165) is 16.7 Å². The maximum atomic E-state index is 12.5. The number of aromatic amines is 2. The highest BCUT2D eigenvalue weighted by atomic mass is 35.5. The van der Waals surface area contributed by atoms with Crippen molar-refractivity contribution in [1.82, 2.24) is 15.0 Å². The van der Waals surface area contributed by atoms with Crippen molar-refractivity contribution < 1.29 is 9.59 Å². The number of benzene rings is 1. The lowest BCUT2D eigenvalue weighted by Crippen LogP contribution is -2.05. The highest BCUT2D eigenvalue weighted by molar-refractivity contribution is 7.99. The Morgan fingerprint density at radius 3 is 2.67 bits per heavy atom. The van der Waals surface area contributed by atoms with Gasteiger partial charge in [-0.25, -0.2) is 4.98 Å². The molecular formula is C17H16ClN3O2S. The van der Waals surface area contributed by atoms with E-state index in [1.54, 1.807) is 26.0 Å². The van der Waals surface area contributed by atoms with Crippen LogP contribution in [-0.2, 0) is 0 Å². The van der Waals surface area contributed by atoms with E-state index >= 15 is 0 Å². The van der Waals surface area contributed by atoms with Crippen LogP contribution in [0.15, 0.2) is 23.4 Å². The molecule has 7 heteroatoms. The Morgan fingerprint density at radius 1 is 1.25 bits per heavy atom. The second-order valence-electron chi connectivity index (χ2n) is 5.60. The number of rotatable bonds is 5. The molecule has 0 aliphatic rings. The summed E-state index contributed by atoms with van der Waals surface area (Å²) in [6.07, 6.45) is 0. The summed E-state index contributed by atoms with van der Waals surface area (Å²) in [4.78, 5) is 34.7. The maximum Gasteiger partial charge on any atom is 0.189 e. The standard InChI is InChI=1S/C17H16ClN3O2S/c1-8-15(10(3)22)9(2)19-16(8)14(23)7-24-17-20-12-5-4-11(18)6-13(12)21-17/h4-6,19H,7H2,1-3H3,(H,20,21). The van der Waals surface area contributed by atoms with Crippen molar-refractivity contribution in [1.29, 1.82) is 0 Å². The molecule has 1 aromatic carbocycles. The number of halogens is 1. The quantitative estimate of drug-likeness (QED) is 0.523. The predicted molar refractivity (Wildman–Crippen MR) is 96.4 cm³/mol. The van der Waals surface area contributed by atoms with Gasteiger partial charge in [-0.3, -0.25) is 9.59 Å². The fourth-order valence-corrected chi connectivity index (χ4v) is 3.72. The lowest BCUT2D eigenvalue weighted by atomic mass is 10.1. The van der Waals surface area contributed by atoms with Crippen LogP contribution in [0.3, 0.4) is 0 Å². The Labute approximate surface area is 148 Å². The number of aryl methyl sites for hydroxylation is 1. The van der Waals surface area contributed by atoms with Gasteiger partial charge in [-0.15, -0.1) is 0 Å². The second-order valence-corrected chi connectivity index (χ2v) is 7.00. The Morgan fingerprint density at radius 2 is 2.00 bits per heavy atom. The number of imidazole rings is 1. The topological polar surface area (TPSA) is 78.6 Å². The molecule has 3 rings (SSSR count). The van der Waals surface area contributed by atoms with E-state index < -0.39 is 0 Å². The van der Waals surface area contributed by atoms with E-state index in [1.807, 2.05) is 6.07 Å². The Bertz CT molecular complexity index is 958. The number of Topliss-reactive ketones (excluding diaryl/α,β-unsaturated/α-hetero) is 2. The van der Waals surface area contributed by atoms with Crippen LogP contribution in [-0.4, -0.2) is 32.3 Å². The van der Waals surface area contributed by atoms with Crippen molar-refractivity contribution in [2.24, 2.45) is 0 Å². The first kappa shape index (κ1) is 16.8. The zero-order chi connectivity index (χ0) is 17.4. The summed E-state index contributed by atoms with van der Waals surface area (Å²) in [5, 5.41) is 1.29. The average molecular weight is 362 g/mol. The monoisotopic (exact) mass is 361 g/mol. The number of carbonyl (C=O) groups is 2. The smallest absolute Gasteiger partial charge is 0.189 e. The van der Waals surface area contributed by atoms with Gasteiger partial charge >= 0.3 is 0 Å². The van der Waals surface area contributed by atoms with Crippen LogP contribution in [0.2, 0.25) is 5.02 Å². The lowest BCUT2D eigenvalue weighted by molar-refractivity contribution is 0.101. The average Bonchev–Trinajstić information content (AvgIpc) is 3.04. The molecule has 0 saturated carbocycles. The summed E-state index contributed by atoms with van der Waals surface area (Å²) in [6.45, 7) is 5.10. The number of nitrogens with one attached hydrogen (secondary N) is 2. The van der Waals surface area contributed by atoms with Gasteiger partial charge in [0.2, 0.25) is 0 Å². The number of aromatic nitrogens is 3. The molecule has 0 atom stereocenters. The van der Waals surface area contributed by atoms with E-state index in [9.17, 15) is 9.59 Å². The summed E-state index contributed by atoms with van der Waals surface area (Å²) < 4.78 is 0. The molecule has 0 unspecified atom stereocenters. The summed E-state index contributed by atoms with van der Waals surface area (Å²) in [5.74, 6) is 0.125. The van der Waals surface area contributed by atoms with Crippen LogP contribution in [0.5, 0.6) is 0 Å². The van der Waals surface area contributed by atoms with Gasteiger partial charge in [0.25, 0.3) is 0 Å². The number of fused-ring (bicyclic) bond motifs is 1. The van der Waals surface area contributed by atoms with E-state index in [1.165, 1.54) is 18.7 Å². The van der Waals surface area contributed by atoms with Gasteiger partial charge in [-0.1, -0.05) is 23.4 Å². The minimum absolute atomic E-state index is 0.0397. The summed E-state index contributed by atoms with van der Waals surface area (Å²) >= 11 is 7.28. The molecule has 0 aliphatic carbocycles.